The monoisotopic (exact) mass is 398 g/mol. The van der Waals surface area contributed by atoms with Crippen molar-refractivity contribution in [1.82, 2.24) is 9.55 Å². The fraction of sp³-hybridized carbons (Fsp3) is 0.167. The van der Waals surface area contributed by atoms with Gasteiger partial charge in [-0.3, -0.25) is 14.6 Å². The molecule has 0 amide bonds. The number of aromatic nitrogens is 2. The van der Waals surface area contributed by atoms with Gasteiger partial charge in [-0.25, -0.2) is 9.36 Å². The van der Waals surface area contributed by atoms with Gasteiger partial charge >= 0.3 is 6.09 Å². The fourth-order valence-corrected chi connectivity index (χ4v) is 3.99. The highest BCUT2D eigenvalue weighted by Gasteiger charge is 2.39. The van der Waals surface area contributed by atoms with Gasteiger partial charge in [-0.05, 0) is 32.9 Å². The van der Waals surface area contributed by atoms with E-state index in [1.165, 1.54) is 10.8 Å². The maximum absolute atomic E-state index is 13.7. The average Bonchev–Trinajstić information content (AvgIpc) is 3.06. The molecule has 0 radical (unpaired) electrons. The van der Waals surface area contributed by atoms with E-state index in [1.807, 2.05) is 6.07 Å². The summed E-state index contributed by atoms with van der Waals surface area (Å²) in [6.07, 6.45) is 0.753. The minimum atomic E-state index is -0.758. The maximum Gasteiger partial charge on any atom is 0.419 e. The van der Waals surface area contributed by atoms with Crippen LogP contribution in [-0.2, 0) is 4.74 Å². The summed E-state index contributed by atoms with van der Waals surface area (Å²) in [7, 11) is 0. The molecule has 0 N–H and O–H groups in total. The second-order valence-corrected chi connectivity index (χ2v) is 8.28. The number of carbonyl (C=O) groups is 3. The third-order valence-corrected chi connectivity index (χ3v) is 5.14. The van der Waals surface area contributed by atoms with Crippen LogP contribution in [-0.4, -0.2) is 32.8 Å². The molecule has 0 saturated heterocycles. The van der Waals surface area contributed by atoms with Crippen LogP contribution in [0.3, 0.4) is 0 Å². The van der Waals surface area contributed by atoms with E-state index < -0.39 is 11.7 Å². The summed E-state index contributed by atoms with van der Waals surface area (Å²) in [5.41, 5.74) is 1.09. The van der Waals surface area contributed by atoms with Crippen molar-refractivity contribution in [3.8, 4) is 0 Å². The van der Waals surface area contributed by atoms with Crippen LogP contribution in [0.2, 0.25) is 0 Å². The molecular weight excluding hydrogens is 380 g/mol. The molecule has 2 aromatic heterocycles. The number of para-hydroxylation sites is 2. The average molecular weight is 398 g/mol. The summed E-state index contributed by atoms with van der Waals surface area (Å²) in [5.74, 6) is -0.711. The van der Waals surface area contributed by atoms with Gasteiger partial charge in [0.1, 0.15) is 11.3 Å². The highest BCUT2D eigenvalue weighted by molar-refractivity contribution is 6.35. The zero-order valence-corrected chi connectivity index (χ0v) is 16.7. The minimum Gasteiger partial charge on any atom is -0.443 e. The summed E-state index contributed by atoms with van der Waals surface area (Å²) < 4.78 is 6.79. The van der Waals surface area contributed by atoms with Gasteiger partial charge in [0.05, 0.1) is 22.2 Å². The van der Waals surface area contributed by atoms with E-state index >= 15 is 0 Å². The lowest BCUT2D eigenvalue weighted by Gasteiger charge is -2.22. The van der Waals surface area contributed by atoms with Gasteiger partial charge in [-0.2, -0.15) is 0 Å². The molecule has 6 heteroatoms. The van der Waals surface area contributed by atoms with E-state index in [4.69, 9.17) is 4.74 Å². The van der Waals surface area contributed by atoms with Crippen LogP contribution in [0.25, 0.3) is 21.8 Å². The highest BCUT2D eigenvalue weighted by atomic mass is 16.6. The molecule has 0 spiro atoms. The molecule has 0 saturated carbocycles. The van der Waals surface area contributed by atoms with Crippen molar-refractivity contribution in [3.05, 3.63) is 77.1 Å². The van der Waals surface area contributed by atoms with Gasteiger partial charge in [0, 0.05) is 22.5 Å². The van der Waals surface area contributed by atoms with Crippen LogP contribution in [0.15, 0.2) is 54.7 Å². The van der Waals surface area contributed by atoms with Gasteiger partial charge in [0.15, 0.2) is 5.78 Å². The lowest BCUT2D eigenvalue weighted by Crippen LogP contribution is -2.31. The Morgan fingerprint density at radius 1 is 0.900 bits per heavy atom. The normalized spacial score (nSPS) is 13.4. The standard InChI is InChI=1S/C24H18N2O4/c1-24(2,3)30-23(29)26-17-11-7-5-9-14(17)19-20(26)22(28)18-13-8-4-6-10-16(13)25-12-15(18)21(19)27/h4-12H,1-3H3. The molecule has 0 unspecified atom stereocenters. The number of hydrogen-bond acceptors (Lipinski definition) is 5. The number of carbonyl (C=O) groups excluding carboxylic acids is 3. The Morgan fingerprint density at radius 3 is 2.30 bits per heavy atom. The predicted molar refractivity (Wildman–Crippen MR) is 112 cm³/mol. The Balaban J connectivity index is 1.86. The SMILES string of the molecule is CC(C)(C)OC(=O)n1c2c(c3ccccc31)C(=O)c1cnc3ccccc3c1C2=O. The van der Waals surface area contributed by atoms with Crippen LogP contribution in [0.5, 0.6) is 0 Å². The van der Waals surface area contributed by atoms with Crippen molar-refractivity contribution < 1.29 is 19.1 Å². The van der Waals surface area contributed by atoms with Crippen molar-refractivity contribution in [2.24, 2.45) is 0 Å². The van der Waals surface area contributed by atoms with E-state index in [1.54, 1.807) is 63.2 Å². The molecule has 1 aliphatic carbocycles. The molecule has 0 bridgehead atoms. The topological polar surface area (TPSA) is 78.3 Å². The highest BCUT2D eigenvalue weighted by Crippen LogP contribution is 2.37. The first-order chi connectivity index (χ1) is 14.3. The first kappa shape index (κ1) is 18.2. The summed E-state index contributed by atoms with van der Waals surface area (Å²) in [6, 6.07) is 14.1. The predicted octanol–water partition coefficient (Wildman–Crippen LogP) is 4.75. The molecule has 5 rings (SSSR count). The van der Waals surface area contributed by atoms with E-state index in [2.05, 4.69) is 4.98 Å². The molecule has 148 valence electrons. The van der Waals surface area contributed by atoms with E-state index in [9.17, 15) is 14.4 Å². The molecule has 30 heavy (non-hydrogen) atoms. The van der Waals surface area contributed by atoms with E-state index in [-0.39, 0.29) is 34.0 Å². The molecule has 0 aliphatic heterocycles. The van der Waals surface area contributed by atoms with Crippen LogP contribution in [0.1, 0.15) is 52.7 Å². The second-order valence-electron chi connectivity index (χ2n) is 8.28. The lowest BCUT2D eigenvalue weighted by atomic mass is 9.86. The first-order valence-electron chi connectivity index (χ1n) is 9.62. The maximum atomic E-state index is 13.7. The van der Waals surface area contributed by atoms with Crippen LogP contribution < -0.4 is 0 Å². The summed E-state index contributed by atoms with van der Waals surface area (Å²) in [5, 5.41) is 1.12. The van der Waals surface area contributed by atoms with Crippen LogP contribution in [0.4, 0.5) is 4.79 Å². The van der Waals surface area contributed by atoms with Crippen molar-refractivity contribution in [3.63, 3.8) is 0 Å². The molecule has 2 heterocycles. The Kier molecular flexibility index (Phi) is 3.71. The molecule has 0 fully saturated rings. The van der Waals surface area contributed by atoms with Gasteiger partial charge < -0.3 is 4.74 Å². The van der Waals surface area contributed by atoms with Crippen LogP contribution in [0, 0.1) is 0 Å². The van der Waals surface area contributed by atoms with Gasteiger partial charge in [0.25, 0.3) is 0 Å². The Labute approximate surface area is 172 Å². The third-order valence-electron chi connectivity index (χ3n) is 5.14. The van der Waals surface area contributed by atoms with Crippen molar-refractivity contribution >= 4 is 39.5 Å². The van der Waals surface area contributed by atoms with Crippen molar-refractivity contribution in [1.29, 1.82) is 0 Å². The number of pyridine rings is 1. The number of fused-ring (bicyclic) bond motifs is 6. The number of nitrogens with zero attached hydrogens (tertiary/aromatic N) is 2. The van der Waals surface area contributed by atoms with Crippen LogP contribution >= 0.6 is 0 Å². The Hall–Kier alpha value is -3.80. The zero-order chi connectivity index (χ0) is 21.2. The molecular formula is C24H18N2O4. The van der Waals surface area contributed by atoms with Gasteiger partial charge in [-0.1, -0.05) is 36.4 Å². The number of ether oxygens (including phenoxy) is 1. The Morgan fingerprint density at radius 2 is 1.57 bits per heavy atom. The van der Waals surface area contributed by atoms with E-state index in [0.29, 0.717) is 21.8 Å². The van der Waals surface area contributed by atoms with Crippen molar-refractivity contribution in [2.45, 2.75) is 26.4 Å². The number of benzene rings is 2. The largest absolute Gasteiger partial charge is 0.443 e. The molecule has 1 aliphatic rings. The van der Waals surface area contributed by atoms with Crippen molar-refractivity contribution in [2.75, 3.05) is 0 Å². The molecule has 4 aromatic rings. The fourth-order valence-electron chi connectivity index (χ4n) is 3.99. The zero-order valence-electron chi connectivity index (χ0n) is 16.7. The number of ketones is 2. The summed E-state index contributed by atoms with van der Waals surface area (Å²) in [4.78, 5) is 44.6. The van der Waals surface area contributed by atoms with Gasteiger partial charge in [-0.15, -0.1) is 0 Å². The molecule has 0 atom stereocenters. The minimum absolute atomic E-state index is 0.0410. The number of rotatable bonds is 0. The number of hydrogen-bond donors (Lipinski definition) is 0. The quantitative estimate of drug-likeness (QED) is 0.376. The second kappa shape index (κ2) is 6.10. The first-order valence-corrected chi connectivity index (χ1v) is 9.62. The van der Waals surface area contributed by atoms with E-state index in [0.717, 1.165) is 0 Å². The molecule has 6 nitrogen and oxygen atoms in total. The lowest BCUT2D eigenvalue weighted by molar-refractivity contribution is 0.0536. The Bertz CT molecular complexity index is 1410. The summed E-state index contributed by atoms with van der Waals surface area (Å²) in [6.45, 7) is 5.26. The summed E-state index contributed by atoms with van der Waals surface area (Å²) >= 11 is 0. The smallest absolute Gasteiger partial charge is 0.419 e. The third kappa shape index (κ3) is 2.50. The van der Waals surface area contributed by atoms with Gasteiger partial charge in [0.2, 0.25) is 5.78 Å². The molecule has 2 aromatic carbocycles.